The number of carbonyl (C=O) groups is 1. The smallest absolute Gasteiger partial charge is 0.257 e. The van der Waals surface area contributed by atoms with Crippen LogP contribution in [0, 0.1) is 6.92 Å². The summed E-state index contributed by atoms with van der Waals surface area (Å²) < 4.78 is 0. The summed E-state index contributed by atoms with van der Waals surface area (Å²) in [5.41, 5.74) is 2.66. The van der Waals surface area contributed by atoms with Crippen LogP contribution in [0.5, 0.6) is 0 Å². The molecule has 0 aliphatic heterocycles. The summed E-state index contributed by atoms with van der Waals surface area (Å²) in [6.45, 7) is 7.77. The highest BCUT2D eigenvalue weighted by atomic mass is 35.5. The molecule has 0 saturated carbocycles. The van der Waals surface area contributed by atoms with E-state index in [2.05, 4.69) is 34.0 Å². The van der Waals surface area contributed by atoms with Gasteiger partial charge in [0.15, 0.2) is 0 Å². The first-order chi connectivity index (χ1) is 12.5. The lowest BCUT2D eigenvalue weighted by Gasteiger charge is -2.19. The van der Waals surface area contributed by atoms with E-state index in [1.165, 1.54) is 0 Å². The van der Waals surface area contributed by atoms with Crippen molar-refractivity contribution in [3.05, 3.63) is 58.9 Å². The van der Waals surface area contributed by atoms with Gasteiger partial charge in [-0.3, -0.25) is 9.78 Å². The van der Waals surface area contributed by atoms with Gasteiger partial charge in [0, 0.05) is 23.5 Å². The zero-order valence-electron chi connectivity index (χ0n) is 15.1. The molecule has 0 aliphatic carbocycles. The SMILES string of the molecule is CCN(CC)c1ccc(NC(=O)c2cc3cc(Cl)ccc3nc2C)cn1. The van der Waals surface area contributed by atoms with E-state index in [-0.39, 0.29) is 5.91 Å². The summed E-state index contributed by atoms with van der Waals surface area (Å²) in [6, 6.07) is 11.0. The Morgan fingerprint density at radius 3 is 2.58 bits per heavy atom. The predicted octanol–water partition coefficient (Wildman–Crippen LogP) is 4.69. The average Bonchev–Trinajstić information content (AvgIpc) is 2.64. The first-order valence-corrected chi connectivity index (χ1v) is 8.99. The quantitative estimate of drug-likeness (QED) is 0.709. The summed E-state index contributed by atoms with van der Waals surface area (Å²) in [4.78, 5) is 23.7. The number of benzene rings is 1. The van der Waals surface area contributed by atoms with E-state index >= 15 is 0 Å². The third kappa shape index (κ3) is 3.78. The summed E-state index contributed by atoms with van der Waals surface area (Å²) in [5, 5.41) is 4.34. The minimum absolute atomic E-state index is 0.214. The van der Waals surface area contributed by atoms with Gasteiger partial charge in [0.25, 0.3) is 5.91 Å². The highest BCUT2D eigenvalue weighted by Crippen LogP contribution is 2.22. The minimum atomic E-state index is -0.214. The van der Waals surface area contributed by atoms with Crippen molar-refractivity contribution in [3.8, 4) is 0 Å². The predicted molar refractivity (Wildman–Crippen MR) is 107 cm³/mol. The van der Waals surface area contributed by atoms with Crippen molar-refractivity contribution < 1.29 is 4.79 Å². The van der Waals surface area contributed by atoms with E-state index in [9.17, 15) is 4.79 Å². The van der Waals surface area contributed by atoms with E-state index in [0.717, 1.165) is 29.8 Å². The van der Waals surface area contributed by atoms with Crippen LogP contribution in [0.2, 0.25) is 5.02 Å². The summed E-state index contributed by atoms with van der Waals surface area (Å²) >= 11 is 6.04. The second-order valence-electron chi connectivity index (χ2n) is 5.99. The van der Waals surface area contributed by atoms with Crippen LogP contribution >= 0.6 is 11.6 Å². The fourth-order valence-electron chi connectivity index (χ4n) is 2.87. The molecule has 0 bridgehead atoms. The molecule has 0 saturated heterocycles. The van der Waals surface area contributed by atoms with Gasteiger partial charge in [0.1, 0.15) is 5.82 Å². The number of nitrogens with one attached hydrogen (secondary N) is 1. The molecule has 3 rings (SSSR count). The largest absolute Gasteiger partial charge is 0.357 e. The Morgan fingerprint density at radius 2 is 1.92 bits per heavy atom. The van der Waals surface area contributed by atoms with Crippen LogP contribution in [0.1, 0.15) is 29.9 Å². The molecule has 2 heterocycles. The molecule has 0 fully saturated rings. The molecule has 26 heavy (non-hydrogen) atoms. The molecule has 5 nitrogen and oxygen atoms in total. The van der Waals surface area contributed by atoms with Gasteiger partial charge in [-0.05, 0) is 57.2 Å². The fourth-order valence-corrected chi connectivity index (χ4v) is 3.05. The van der Waals surface area contributed by atoms with Gasteiger partial charge in [0.05, 0.1) is 28.7 Å². The molecule has 1 amide bonds. The van der Waals surface area contributed by atoms with Crippen LogP contribution in [-0.2, 0) is 0 Å². The van der Waals surface area contributed by atoms with Crippen LogP contribution in [-0.4, -0.2) is 29.0 Å². The summed E-state index contributed by atoms with van der Waals surface area (Å²) in [6.07, 6.45) is 1.67. The molecule has 134 valence electrons. The maximum atomic E-state index is 12.7. The summed E-state index contributed by atoms with van der Waals surface area (Å²) in [5.74, 6) is 0.681. The lowest BCUT2D eigenvalue weighted by Crippen LogP contribution is -2.23. The van der Waals surface area contributed by atoms with E-state index < -0.39 is 0 Å². The zero-order chi connectivity index (χ0) is 18.7. The minimum Gasteiger partial charge on any atom is -0.357 e. The van der Waals surface area contributed by atoms with Crippen LogP contribution < -0.4 is 10.2 Å². The number of nitrogens with zero attached hydrogens (tertiary/aromatic N) is 3. The van der Waals surface area contributed by atoms with Gasteiger partial charge in [-0.15, -0.1) is 0 Å². The van der Waals surface area contributed by atoms with E-state index in [0.29, 0.717) is 22.0 Å². The van der Waals surface area contributed by atoms with Crippen LogP contribution in [0.15, 0.2) is 42.6 Å². The number of carbonyl (C=O) groups excluding carboxylic acids is 1. The maximum absolute atomic E-state index is 12.7. The molecule has 0 spiro atoms. The molecule has 1 aromatic carbocycles. The maximum Gasteiger partial charge on any atom is 0.257 e. The third-order valence-corrected chi connectivity index (χ3v) is 4.54. The third-order valence-electron chi connectivity index (χ3n) is 4.31. The van der Waals surface area contributed by atoms with E-state index in [4.69, 9.17) is 11.6 Å². The Hall–Kier alpha value is -2.66. The second kappa shape index (κ2) is 7.70. The number of aromatic nitrogens is 2. The van der Waals surface area contributed by atoms with Gasteiger partial charge in [-0.2, -0.15) is 0 Å². The Labute approximate surface area is 158 Å². The van der Waals surface area contributed by atoms with Crippen molar-refractivity contribution >= 4 is 39.9 Å². The highest BCUT2D eigenvalue weighted by Gasteiger charge is 2.13. The standard InChI is InChI=1S/C20H21ClN4O/c1-4-25(5-2)19-9-7-16(12-22-19)24-20(26)17-11-14-10-15(21)6-8-18(14)23-13(17)3/h6-12H,4-5H2,1-3H3,(H,24,26). The van der Waals surface area contributed by atoms with Crippen molar-refractivity contribution in [3.63, 3.8) is 0 Å². The highest BCUT2D eigenvalue weighted by molar-refractivity contribution is 6.31. The van der Waals surface area contributed by atoms with Gasteiger partial charge in [0.2, 0.25) is 0 Å². The van der Waals surface area contributed by atoms with Gasteiger partial charge in [-0.1, -0.05) is 11.6 Å². The molecule has 2 aromatic heterocycles. The number of fused-ring (bicyclic) bond motifs is 1. The van der Waals surface area contributed by atoms with Gasteiger partial charge in [-0.25, -0.2) is 4.98 Å². The molecule has 0 aliphatic rings. The van der Waals surface area contributed by atoms with Crippen molar-refractivity contribution in [2.45, 2.75) is 20.8 Å². The van der Waals surface area contributed by atoms with Crippen molar-refractivity contribution in [2.75, 3.05) is 23.3 Å². The first-order valence-electron chi connectivity index (χ1n) is 8.61. The Balaban J connectivity index is 1.83. The monoisotopic (exact) mass is 368 g/mol. The second-order valence-corrected chi connectivity index (χ2v) is 6.43. The Bertz CT molecular complexity index is 936. The molecule has 3 aromatic rings. The Kier molecular flexibility index (Phi) is 5.38. The summed E-state index contributed by atoms with van der Waals surface area (Å²) in [7, 11) is 0. The number of rotatable bonds is 5. The van der Waals surface area contributed by atoms with Crippen molar-refractivity contribution in [1.29, 1.82) is 0 Å². The van der Waals surface area contributed by atoms with Crippen LogP contribution in [0.3, 0.4) is 0 Å². The topological polar surface area (TPSA) is 58.1 Å². The number of hydrogen-bond acceptors (Lipinski definition) is 4. The number of anilines is 2. The molecular weight excluding hydrogens is 348 g/mol. The molecule has 0 unspecified atom stereocenters. The normalized spacial score (nSPS) is 10.8. The van der Waals surface area contributed by atoms with Crippen molar-refractivity contribution in [1.82, 2.24) is 9.97 Å². The number of hydrogen-bond donors (Lipinski definition) is 1. The number of amides is 1. The number of halogens is 1. The molecule has 0 atom stereocenters. The molecular formula is C20H21ClN4O. The van der Waals surface area contributed by atoms with E-state index in [1.807, 2.05) is 31.2 Å². The lowest BCUT2D eigenvalue weighted by atomic mass is 10.1. The van der Waals surface area contributed by atoms with Crippen LogP contribution in [0.25, 0.3) is 10.9 Å². The Morgan fingerprint density at radius 1 is 1.15 bits per heavy atom. The fraction of sp³-hybridized carbons (Fsp3) is 0.250. The molecule has 6 heteroatoms. The molecule has 0 radical (unpaired) electrons. The molecule has 1 N–H and O–H groups in total. The van der Waals surface area contributed by atoms with Gasteiger partial charge >= 0.3 is 0 Å². The van der Waals surface area contributed by atoms with Crippen LogP contribution in [0.4, 0.5) is 11.5 Å². The van der Waals surface area contributed by atoms with Crippen molar-refractivity contribution in [2.24, 2.45) is 0 Å². The number of aryl methyl sites for hydroxylation is 1. The van der Waals surface area contributed by atoms with Gasteiger partial charge < -0.3 is 10.2 Å². The average molecular weight is 369 g/mol. The van der Waals surface area contributed by atoms with E-state index in [1.54, 1.807) is 18.3 Å². The zero-order valence-corrected chi connectivity index (χ0v) is 15.8. The lowest BCUT2D eigenvalue weighted by molar-refractivity contribution is 0.102. The number of pyridine rings is 2. The first kappa shape index (κ1) is 18.1.